The fourth-order valence-corrected chi connectivity index (χ4v) is 5.04. The Morgan fingerprint density at radius 1 is 1.11 bits per heavy atom. The molecule has 0 unspecified atom stereocenters. The highest BCUT2D eigenvalue weighted by Gasteiger charge is 2.37. The van der Waals surface area contributed by atoms with Crippen LogP contribution in [0.3, 0.4) is 0 Å². The Morgan fingerprint density at radius 2 is 1.89 bits per heavy atom. The summed E-state index contributed by atoms with van der Waals surface area (Å²) in [5, 5.41) is 7.56. The first kappa shape index (κ1) is 23.5. The molecular formula is C27H31N3O5. The zero-order valence-corrected chi connectivity index (χ0v) is 20.0. The van der Waals surface area contributed by atoms with Crippen LogP contribution in [0, 0.1) is 0 Å². The van der Waals surface area contributed by atoms with E-state index >= 15 is 0 Å². The van der Waals surface area contributed by atoms with Gasteiger partial charge < -0.3 is 24.5 Å². The summed E-state index contributed by atoms with van der Waals surface area (Å²) in [4.78, 5) is 28.4. The molecule has 0 spiro atoms. The number of fused-ring (bicyclic) bond motifs is 3. The van der Waals surface area contributed by atoms with Crippen LogP contribution < -0.4 is 10.6 Å². The molecule has 184 valence electrons. The van der Waals surface area contributed by atoms with E-state index in [1.807, 2.05) is 55.5 Å². The number of rotatable bonds is 6. The van der Waals surface area contributed by atoms with Gasteiger partial charge in [0.25, 0.3) is 0 Å². The van der Waals surface area contributed by atoms with Crippen molar-refractivity contribution in [2.45, 2.75) is 56.7 Å². The zero-order valence-electron chi connectivity index (χ0n) is 20.0. The number of hydrogen-bond donors (Lipinski definition) is 3. The van der Waals surface area contributed by atoms with Crippen molar-refractivity contribution in [3.8, 4) is 0 Å². The van der Waals surface area contributed by atoms with Gasteiger partial charge in [-0.15, -0.1) is 0 Å². The molecule has 1 aromatic heterocycles. The predicted octanol–water partition coefficient (Wildman–Crippen LogP) is 2.78. The molecule has 2 aliphatic heterocycles. The first-order chi connectivity index (χ1) is 17.0. The van der Waals surface area contributed by atoms with Gasteiger partial charge in [0.15, 0.2) is 6.29 Å². The van der Waals surface area contributed by atoms with Gasteiger partial charge in [-0.1, -0.05) is 48.5 Å². The number of carbonyl (C=O) groups is 2. The van der Waals surface area contributed by atoms with Gasteiger partial charge in [0.2, 0.25) is 5.91 Å². The van der Waals surface area contributed by atoms with Crippen molar-refractivity contribution >= 4 is 22.8 Å². The van der Waals surface area contributed by atoms with E-state index in [9.17, 15) is 9.59 Å². The maximum atomic E-state index is 12.5. The monoisotopic (exact) mass is 477 g/mol. The molecule has 8 nitrogen and oxygen atoms in total. The Bertz CT molecular complexity index is 1190. The van der Waals surface area contributed by atoms with Crippen molar-refractivity contribution in [2.24, 2.45) is 0 Å². The van der Waals surface area contributed by atoms with Crippen LogP contribution in [-0.4, -0.2) is 55.1 Å². The third-order valence-corrected chi connectivity index (χ3v) is 6.87. The van der Waals surface area contributed by atoms with Gasteiger partial charge >= 0.3 is 5.97 Å². The third kappa shape index (κ3) is 5.10. The average Bonchev–Trinajstić information content (AvgIpc) is 3.25. The molecule has 3 N–H and O–H groups in total. The lowest BCUT2D eigenvalue weighted by atomic mass is 9.92. The molecule has 0 bridgehead atoms. The van der Waals surface area contributed by atoms with Crippen molar-refractivity contribution < 1.29 is 23.8 Å². The molecule has 2 aromatic carbocycles. The second-order valence-corrected chi connectivity index (χ2v) is 9.24. The summed E-state index contributed by atoms with van der Waals surface area (Å²) >= 11 is 0. The molecule has 8 heteroatoms. The van der Waals surface area contributed by atoms with Crippen molar-refractivity contribution in [1.82, 2.24) is 15.6 Å². The first-order valence-electron chi connectivity index (χ1n) is 12.1. The summed E-state index contributed by atoms with van der Waals surface area (Å²) in [6.45, 7) is 2.31. The largest absolute Gasteiger partial charge is 0.468 e. The summed E-state index contributed by atoms with van der Waals surface area (Å²) in [6.07, 6.45) is 0.705. The minimum atomic E-state index is -0.472. The Labute approximate surface area is 204 Å². The number of esters is 1. The molecule has 5 atom stereocenters. The number of para-hydroxylation sites is 1. The SMILES string of the molecule is COC(=O)[C@@H]1Cc2c([nH]c3ccccc23)[C@@H](C[C@H]2OC[C@@H](NC(=O)Cc3ccccc3)[C@@H](C)O2)N1. The van der Waals surface area contributed by atoms with E-state index in [0.717, 1.165) is 27.7 Å². The number of carbonyl (C=O) groups excluding carboxylic acids is 2. The lowest BCUT2D eigenvalue weighted by Crippen LogP contribution is -2.53. The highest BCUT2D eigenvalue weighted by molar-refractivity contribution is 5.87. The molecule has 35 heavy (non-hydrogen) atoms. The Morgan fingerprint density at radius 3 is 2.66 bits per heavy atom. The van der Waals surface area contributed by atoms with Gasteiger partial charge in [-0.3, -0.25) is 14.9 Å². The third-order valence-electron chi connectivity index (χ3n) is 6.87. The van der Waals surface area contributed by atoms with Gasteiger partial charge in [-0.25, -0.2) is 0 Å². The van der Waals surface area contributed by atoms with Crippen molar-refractivity contribution in [2.75, 3.05) is 13.7 Å². The highest BCUT2D eigenvalue weighted by atomic mass is 16.7. The highest BCUT2D eigenvalue weighted by Crippen LogP contribution is 2.35. The van der Waals surface area contributed by atoms with E-state index in [-0.39, 0.29) is 30.1 Å². The van der Waals surface area contributed by atoms with E-state index in [1.165, 1.54) is 7.11 Å². The molecule has 3 heterocycles. The molecule has 1 fully saturated rings. The molecule has 5 rings (SSSR count). The van der Waals surface area contributed by atoms with Gasteiger partial charge in [0.05, 0.1) is 38.3 Å². The fraction of sp³-hybridized carbons (Fsp3) is 0.407. The second kappa shape index (κ2) is 10.2. The normalized spacial score (nSPS) is 26.2. The molecule has 1 saturated heterocycles. The number of methoxy groups -OCH3 is 1. The minimum Gasteiger partial charge on any atom is -0.468 e. The summed E-state index contributed by atoms with van der Waals surface area (Å²) < 4.78 is 17.2. The molecule has 0 saturated carbocycles. The van der Waals surface area contributed by atoms with Crippen LogP contribution in [0.4, 0.5) is 0 Å². The van der Waals surface area contributed by atoms with E-state index in [2.05, 4.69) is 21.7 Å². The topological polar surface area (TPSA) is 102 Å². The van der Waals surface area contributed by atoms with Gasteiger partial charge in [0.1, 0.15) is 6.04 Å². The maximum absolute atomic E-state index is 12.5. The van der Waals surface area contributed by atoms with E-state index in [1.54, 1.807) is 0 Å². The summed E-state index contributed by atoms with van der Waals surface area (Å²) in [5.41, 5.74) is 4.17. The lowest BCUT2D eigenvalue weighted by molar-refractivity contribution is -0.224. The fourth-order valence-electron chi connectivity index (χ4n) is 5.04. The molecule has 2 aliphatic rings. The number of hydrogen-bond acceptors (Lipinski definition) is 6. The van der Waals surface area contributed by atoms with Crippen LogP contribution in [0.25, 0.3) is 10.9 Å². The standard InChI is InChI=1S/C27H31N3O5/c1-16-23(29-24(31)12-17-8-4-3-5-9-17)15-34-25(35-16)14-21-26-19(13-22(28-21)27(32)33-2)18-10-6-7-11-20(18)30-26/h3-11,16,21-23,25,28,30H,12-15H2,1-2H3,(H,29,31)/t16-,21-,22+,23-,25+/m1/s1. The number of H-pyrrole nitrogens is 1. The lowest BCUT2D eigenvalue weighted by Gasteiger charge is -2.38. The van der Waals surface area contributed by atoms with Crippen molar-refractivity contribution in [3.05, 3.63) is 71.4 Å². The quantitative estimate of drug-likeness (QED) is 0.472. The van der Waals surface area contributed by atoms with Crippen LogP contribution in [0.2, 0.25) is 0 Å². The number of aromatic nitrogens is 1. The van der Waals surface area contributed by atoms with Crippen LogP contribution >= 0.6 is 0 Å². The Kier molecular flexibility index (Phi) is 6.86. The van der Waals surface area contributed by atoms with Crippen LogP contribution in [0.5, 0.6) is 0 Å². The first-order valence-corrected chi connectivity index (χ1v) is 12.1. The Balaban J connectivity index is 1.25. The number of benzene rings is 2. The molecule has 1 amide bonds. The molecular weight excluding hydrogens is 446 g/mol. The van der Waals surface area contributed by atoms with Gasteiger partial charge in [-0.05, 0) is 24.1 Å². The van der Waals surface area contributed by atoms with Crippen molar-refractivity contribution in [1.29, 1.82) is 0 Å². The van der Waals surface area contributed by atoms with Gasteiger partial charge in [0, 0.05) is 29.4 Å². The Hall–Kier alpha value is -3.20. The second-order valence-electron chi connectivity index (χ2n) is 9.24. The summed E-state index contributed by atoms with van der Waals surface area (Å²) in [7, 11) is 1.41. The number of aromatic amines is 1. The van der Waals surface area contributed by atoms with Crippen molar-refractivity contribution in [3.63, 3.8) is 0 Å². The molecule has 3 aromatic rings. The van der Waals surface area contributed by atoms with Crippen LogP contribution in [0.15, 0.2) is 54.6 Å². The van der Waals surface area contributed by atoms with E-state index in [4.69, 9.17) is 14.2 Å². The van der Waals surface area contributed by atoms with Gasteiger partial charge in [-0.2, -0.15) is 0 Å². The number of amides is 1. The molecule has 0 radical (unpaired) electrons. The predicted molar refractivity (Wildman–Crippen MR) is 131 cm³/mol. The van der Waals surface area contributed by atoms with Crippen LogP contribution in [-0.2, 0) is 36.6 Å². The average molecular weight is 478 g/mol. The van der Waals surface area contributed by atoms with Crippen LogP contribution in [0.1, 0.15) is 36.2 Å². The maximum Gasteiger partial charge on any atom is 0.323 e. The minimum absolute atomic E-state index is 0.0590. The van der Waals surface area contributed by atoms with E-state index < -0.39 is 12.3 Å². The smallest absolute Gasteiger partial charge is 0.323 e. The number of nitrogens with one attached hydrogen (secondary N) is 3. The summed E-state index contributed by atoms with van der Waals surface area (Å²) in [6, 6.07) is 16.9. The number of ether oxygens (including phenoxy) is 3. The summed E-state index contributed by atoms with van der Waals surface area (Å²) in [5.74, 6) is -0.345. The molecule has 0 aliphatic carbocycles. The van der Waals surface area contributed by atoms with E-state index in [0.29, 0.717) is 25.9 Å². The zero-order chi connectivity index (χ0) is 24.4.